The van der Waals surface area contributed by atoms with Crippen LogP contribution in [0, 0.1) is 0 Å². The predicted molar refractivity (Wildman–Crippen MR) is 86.5 cm³/mol. The number of aliphatic imine (C=N–C) groups is 1. The molecule has 2 heteroatoms. The highest BCUT2D eigenvalue weighted by molar-refractivity contribution is 5.94. The summed E-state index contributed by atoms with van der Waals surface area (Å²) in [7, 11) is 0. The summed E-state index contributed by atoms with van der Waals surface area (Å²) in [5, 5.41) is 0. The van der Waals surface area contributed by atoms with Crippen LogP contribution in [0.5, 0.6) is 0 Å². The van der Waals surface area contributed by atoms with Gasteiger partial charge in [-0.3, -0.25) is 4.99 Å². The quantitative estimate of drug-likeness (QED) is 0.785. The van der Waals surface area contributed by atoms with Gasteiger partial charge in [-0.2, -0.15) is 0 Å². The van der Waals surface area contributed by atoms with Crippen LogP contribution in [-0.2, 0) is 11.3 Å². The van der Waals surface area contributed by atoms with Crippen LogP contribution in [0.15, 0.2) is 65.7 Å². The van der Waals surface area contributed by atoms with Crippen LogP contribution in [0.4, 0.5) is 0 Å². The fourth-order valence-electron chi connectivity index (χ4n) is 2.54. The summed E-state index contributed by atoms with van der Waals surface area (Å²) in [5.74, 6) is 0. The lowest BCUT2D eigenvalue weighted by Crippen LogP contribution is -2.34. The molecule has 0 heterocycles. The van der Waals surface area contributed by atoms with Gasteiger partial charge in [0.05, 0.1) is 18.8 Å². The molecule has 2 atom stereocenters. The molecule has 2 nitrogen and oxygen atoms in total. The maximum absolute atomic E-state index is 5.98. The van der Waals surface area contributed by atoms with Crippen LogP contribution in [0.3, 0.4) is 0 Å². The van der Waals surface area contributed by atoms with Crippen LogP contribution in [-0.4, -0.2) is 11.8 Å². The molecule has 1 aliphatic carbocycles. The van der Waals surface area contributed by atoms with Crippen LogP contribution in [0.25, 0.3) is 0 Å². The molecule has 0 amide bonds. The summed E-state index contributed by atoms with van der Waals surface area (Å²) in [6.45, 7) is 2.82. The molecule has 0 N–H and O–H groups in total. The smallest absolute Gasteiger partial charge is 0.0959 e. The topological polar surface area (TPSA) is 21.6 Å². The Hall–Kier alpha value is -1.93. The highest BCUT2D eigenvalue weighted by atomic mass is 16.5. The lowest BCUT2D eigenvalue weighted by molar-refractivity contribution is 0.0623. The monoisotopic (exact) mass is 279 g/mol. The Balaban J connectivity index is 1.58. The Kier molecular flexibility index (Phi) is 4.46. The van der Waals surface area contributed by atoms with Crippen LogP contribution in [0.2, 0.25) is 0 Å². The molecule has 0 unspecified atom stereocenters. The number of benzene rings is 2. The van der Waals surface area contributed by atoms with Crippen LogP contribution >= 0.6 is 0 Å². The van der Waals surface area contributed by atoms with Crippen molar-refractivity contribution in [3.05, 3.63) is 71.8 Å². The zero-order chi connectivity index (χ0) is 14.5. The van der Waals surface area contributed by atoms with Crippen molar-refractivity contribution in [2.24, 2.45) is 4.99 Å². The third kappa shape index (κ3) is 3.59. The number of ether oxygens (including phenoxy) is 1. The number of rotatable bonds is 5. The van der Waals surface area contributed by atoms with Crippen molar-refractivity contribution in [1.29, 1.82) is 0 Å². The second-order valence-corrected chi connectivity index (χ2v) is 5.53. The van der Waals surface area contributed by atoms with E-state index in [1.807, 2.05) is 24.3 Å². The average Bonchev–Trinajstić information content (AvgIpc) is 2.53. The molecule has 0 aromatic heterocycles. The van der Waals surface area contributed by atoms with E-state index in [-0.39, 0.29) is 12.1 Å². The van der Waals surface area contributed by atoms with Crippen molar-refractivity contribution in [3.63, 3.8) is 0 Å². The molecule has 21 heavy (non-hydrogen) atoms. The Labute approximate surface area is 126 Å². The second kappa shape index (κ2) is 6.68. The molecule has 3 rings (SSSR count). The fourth-order valence-corrected chi connectivity index (χ4v) is 2.54. The maximum atomic E-state index is 5.98. The van der Waals surface area contributed by atoms with Crippen molar-refractivity contribution in [2.45, 2.75) is 38.5 Å². The van der Waals surface area contributed by atoms with E-state index in [2.05, 4.69) is 43.3 Å². The van der Waals surface area contributed by atoms with Crippen LogP contribution < -0.4 is 0 Å². The predicted octanol–water partition coefficient (Wildman–Crippen LogP) is 4.57. The first kappa shape index (κ1) is 14.0. The molecule has 0 radical (unpaired) electrons. The molecule has 1 aliphatic rings. The number of nitrogens with zero attached hydrogens (tertiary/aromatic N) is 1. The minimum atomic E-state index is 0.205. The summed E-state index contributed by atoms with van der Waals surface area (Å²) in [5.41, 5.74) is 3.70. The Morgan fingerprint density at radius 1 is 1.05 bits per heavy atom. The minimum Gasteiger partial charge on any atom is -0.368 e. The van der Waals surface area contributed by atoms with E-state index in [1.54, 1.807) is 0 Å². The van der Waals surface area contributed by atoms with Gasteiger partial charge in [-0.25, -0.2) is 0 Å². The van der Waals surface area contributed by atoms with Crippen LogP contribution in [0.1, 0.15) is 36.9 Å². The molecule has 0 aliphatic heterocycles. The van der Waals surface area contributed by atoms with E-state index >= 15 is 0 Å². The molecule has 108 valence electrons. The van der Waals surface area contributed by atoms with Gasteiger partial charge in [0.15, 0.2) is 0 Å². The summed E-state index contributed by atoms with van der Waals surface area (Å²) in [4.78, 5) is 4.84. The Morgan fingerprint density at radius 3 is 2.33 bits per heavy atom. The molecule has 0 bridgehead atoms. The summed E-state index contributed by atoms with van der Waals surface area (Å²) >= 11 is 0. The first-order valence-electron chi connectivity index (χ1n) is 7.60. The largest absolute Gasteiger partial charge is 0.368 e. The van der Waals surface area contributed by atoms with E-state index in [9.17, 15) is 0 Å². The molecule has 1 fully saturated rings. The molecule has 2 aromatic carbocycles. The van der Waals surface area contributed by atoms with Crippen molar-refractivity contribution in [3.8, 4) is 0 Å². The van der Waals surface area contributed by atoms with Gasteiger partial charge in [-0.05, 0) is 30.9 Å². The van der Waals surface area contributed by atoms with Gasteiger partial charge < -0.3 is 4.74 Å². The maximum Gasteiger partial charge on any atom is 0.0959 e. The van der Waals surface area contributed by atoms with E-state index in [0.29, 0.717) is 6.61 Å². The SMILES string of the molecule is C[C@H](N=C1CC[C@@H]1OCc1ccccc1)c1ccccc1. The molecular weight excluding hydrogens is 258 g/mol. The summed E-state index contributed by atoms with van der Waals surface area (Å²) < 4.78 is 5.98. The van der Waals surface area contributed by atoms with Crippen molar-refractivity contribution in [1.82, 2.24) is 0 Å². The van der Waals surface area contributed by atoms with E-state index in [4.69, 9.17) is 9.73 Å². The third-order valence-corrected chi connectivity index (χ3v) is 3.97. The normalized spacial score (nSPS) is 21.0. The molecule has 0 spiro atoms. The fraction of sp³-hybridized carbons (Fsp3) is 0.316. The number of hydrogen-bond acceptors (Lipinski definition) is 2. The van der Waals surface area contributed by atoms with Gasteiger partial charge in [-0.15, -0.1) is 0 Å². The summed E-state index contributed by atoms with van der Waals surface area (Å²) in [6.07, 6.45) is 2.36. The third-order valence-electron chi connectivity index (χ3n) is 3.97. The van der Waals surface area contributed by atoms with E-state index < -0.39 is 0 Å². The molecule has 0 saturated heterocycles. The molecule has 1 saturated carbocycles. The lowest BCUT2D eigenvalue weighted by Gasteiger charge is -2.29. The summed E-state index contributed by atoms with van der Waals surface area (Å²) in [6, 6.07) is 21.0. The lowest BCUT2D eigenvalue weighted by atomic mass is 9.92. The van der Waals surface area contributed by atoms with Crippen molar-refractivity contribution >= 4 is 5.71 Å². The van der Waals surface area contributed by atoms with Gasteiger partial charge in [0.25, 0.3) is 0 Å². The van der Waals surface area contributed by atoms with E-state index in [1.165, 1.54) is 16.8 Å². The van der Waals surface area contributed by atoms with Gasteiger partial charge >= 0.3 is 0 Å². The standard InChI is InChI=1S/C19H21NO/c1-15(17-10-6-3-7-11-17)20-18-12-13-19(18)21-14-16-8-4-2-5-9-16/h2-11,15,19H,12-14H2,1H3/t15-,19-/m0/s1. The Bertz CT molecular complexity index is 591. The molecular formula is C19H21NO. The van der Waals surface area contributed by atoms with Gasteiger partial charge in [0.1, 0.15) is 0 Å². The van der Waals surface area contributed by atoms with Crippen molar-refractivity contribution < 1.29 is 4.74 Å². The van der Waals surface area contributed by atoms with Gasteiger partial charge in [-0.1, -0.05) is 60.7 Å². The Morgan fingerprint density at radius 2 is 1.71 bits per heavy atom. The highest BCUT2D eigenvalue weighted by Crippen LogP contribution is 2.26. The minimum absolute atomic E-state index is 0.205. The first-order chi connectivity index (χ1) is 10.3. The van der Waals surface area contributed by atoms with Gasteiger partial charge in [0, 0.05) is 5.71 Å². The van der Waals surface area contributed by atoms with Crippen molar-refractivity contribution in [2.75, 3.05) is 0 Å². The molecule has 2 aromatic rings. The average molecular weight is 279 g/mol. The zero-order valence-electron chi connectivity index (χ0n) is 12.4. The number of hydrogen-bond donors (Lipinski definition) is 0. The highest BCUT2D eigenvalue weighted by Gasteiger charge is 2.27. The second-order valence-electron chi connectivity index (χ2n) is 5.53. The first-order valence-corrected chi connectivity index (χ1v) is 7.60. The van der Waals surface area contributed by atoms with Gasteiger partial charge in [0.2, 0.25) is 0 Å². The van der Waals surface area contributed by atoms with E-state index in [0.717, 1.165) is 12.8 Å². The zero-order valence-corrected chi connectivity index (χ0v) is 12.4.